The molecule has 0 aliphatic carbocycles. The lowest BCUT2D eigenvalue weighted by molar-refractivity contribution is -0.126. The number of esters is 1. The third-order valence-electron chi connectivity index (χ3n) is 5.71. The van der Waals surface area contributed by atoms with Gasteiger partial charge in [-0.1, -0.05) is 30.3 Å². The zero-order chi connectivity index (χ0) is 23.6. The van der Waals surface area contributed by atoms with Gasteiger partial charge in [0.15, 0.2) is 5.69 Å². The lowest BCUT2D eigenvalue weighted by Gasteiger charge is -2.43. The lowest BCUT2D eigenvalue weighted by atomic mass is 9.93. The SMILES string of the molecule is COC(=O)c1ncn2c1C(=O)N(c1ccc(OC)cc1)[C@](C)(C(=O)NCc1ccccc1)C2. The summed E-state index contributed by atoms with van der Waals surface area (Å²) in [5.74, 6) is -0.973. The number of hydrogen-bond donors (Lipinski definition) is 1. The summed E-state index contributed by atoms with van der Waals surface area (Å²) in [6, 6.07) is 16.3. The van der Waals surface area contributed by atoms with Crippen molar-refractivity contribution in [2.75, 3.05) is 19.1 Å². The molecule has 0 bridgehead atoms. The van der Waals surface area contributed by atoms with Crippen molar-refractivity contribution in [2.45, 2.75) is 25.6 Å². The van der Waals surface area contributed by atoms with Gasteiger partial charge in [-0.05, 0) is 36.8 Å². The minimum atomic E-state index is -1.29. The topological polar surface area (TPSA) is 103 Å². The molecule has 1 aromatic heterocycles. The van der Waals surface area contributed by atoms with E-state index in [4.69, 9.17) is 9.47 Å². The van der Waals surface area contributed by atoms with Crippen molar-refractivity contribution in [3.05, 3.63) is 77.9 Å². The molecule has 33 heavy (non-hydrogen) atoms. The Bertz CT molecular complexity index is 1190. The van der Waals surface area contributed by atoms with Crippen LogP contribution in [0.4, 0.5) is 5.69 Å². The first-order chi connectivity index (χ1) is 15.9. The van der Waals surface area contributed by atoms with Gasteiger partial charge in [-0.15, -0.1) is 0 Å². The van der Waals surface area contributed by atoms with Crippen LogP contribution in [0.15, 0.2) is 60.9 Å². The van der Waals surface area contributed by atoms with Crippen LogP contribution in [-0.2, 0) is 22.6 Å². The van der Waals surface area contributed by atoms with Crippen molar-refractivity contribution in [2.24, 2.45) is 0 Å². The van der Waals surface area contributed by atoms with E-state index in [1.807, 2.05) is 30.3 Å². The average molecular weight is 448 g/mol. The van der Waals surface area contributed by atoms with Crippen molar-refractivity contribution in [1.82, 2.24) is 14.9 Å². The molecule has 1 N–H and O–H groups in total. The molecule has 0 fully saturated rings. The highest BCUT2D eigenvalue weighted by Crippen LogP contribution is 2.34. The Labute approximate surface area is 190 Å². The normalized spacial score (nSPS) is 17.3. The molecular formula is C24H24N4O5. The molecule has 3 aromatic rings. The highest BCUT2D eigenvalue weighted by molar-refractivity contribution is 6.15. The van der Waals surface area contributed by atoms with Crippen molar-refractivity contribution in [1.29, 1.82) is 0 Å². The zero-order valence-electron chi connectivity index (χ0n) is 18.6. The highest BCUT2D eigenvalue weighted by atomic mass is 16.5. The summed E-state index contributed by atoms with van der Waals surface area (Å²) in [5, 5.41) is 2.94. The molecule has 0 spiro atoms. The first-order valence-corrected chi connectivity index (χ1v) is 10.3. The molecule has 0 radical (unpaired) electrons. The van der Waals surface area contributed by atoms with Gasteiger partial charge in [0.2, 0.25) is 5.91 Å². The van der Waals surface area contributed by atoms with Gasteiger partial charge in [0.25, 0.3) is 5.91 Å². The van der Waals surface area contributed by atoms with Crippen LogP contribution in [-0.4, -0.2) is 47.1 Å². The minimum Gasteiger partial charge on any atom is -0.497 e. The largest absolute Gasteiger partial charge is 0.497 e. The van der Waals surface area contributed by atoms with E-state index in [2.05, 4.69) is 10.3 Å². The monoisotopic (exact) mass is 448 g/mol. The summed E-state index contributed by atoms with van der Waals surface area (Å²) in [5.41, 5.74) is 0.116. The van der Waals surface area contributed by atoms with Crippen LogP contribution >= 0.6 is 0 Å². The number of hydrogen-bond acceptors (Lipinski definition) is 6. The number of aromatic nitrogens is 2. The Hall–Kier alpha value is -4.14. The maximum atomic E-state index is 13.7. The third kappa shape index (κ3) is 3.93. The van der Waals surface area contributed by atoms with Gasteiger partial charge in [0, 0.05) is 12.2 Å². The number of imidazole rings is 1. The molecule has 9 heteroatoms. The summed E-state index contributed by atoms with van der Waals surface area (Å²) < 4.78 is 11.5. The van der Waals surface area contributed by atoms with E-state index >= 15 is 0 Å². The zero-order valence-corrected chi connectivity index (χ0v) is 18.6. The maximum absolute atomic E-state index is 13.7. The van der Waals surface area contributed by atoms with Crippen LogP contribution in [0.25, 0.3) is 0 Å². The number of methoxy groups -OCH3 is 2. The number of ether oxygens (including phenoxy) is 2. The molecule has 2 amide bonds. The van der Waals surface area contributed by atoms with Crippen LogP contribution in [0, 0.1) is 0 Å². The fourth-order valence-corrected chi connectivity index (χ4v) is 3.98. The molecule has 2 aromatic carbocycles. The molecular weight excluding hydrogens is 424 g/mol. The first-order valence-electron chi connectivity index (χ1n) is 10.3. The number of benzene rings is 2. The number of nitrogens with zero attached hydrogens (tertiary/aromatic N) is 3. The molecule has 0 unspecified atom stereocenters. The number of amides is 2. The fraction of sp³-hybridized carbons (Fsp3) is 0.250. The van der Waals surface area contributed by atoms with Gasteiger partial charge in [-0.3, -0.25) is 14.5 Å². The number of rotatable bonds is 6. The molecule has 4 rings (SSSR count). The number of nitrogens with one attached hydrogen (secondary N) is 1. The van der Waals surface area contributed by atoms with Crippen molar-refractivity contribution < 1.29 is 23.9 Å². The summed E-state index contributed by atoms with van der Waals surface area (Å²) >= 11 is 0. The van der Waals surface area contributed by atoms with Gasteiger partial charge >= 0.3 is 5.97 Å². The van der Waals surface area contributed by atoms with E-state index in [1.165, 1.54) is 22.9 Å². The van der Waals surface area contributed by atoms with Gasteiger partial charge in [-0.25, -0.2) is 9.78 Å². The van der Waals surface area contributed by atoms with E-state index in [1.54, 1.807) is 38.3 Å². The Morgan fingerprint density at radius 3 is 2.42 bits per heavy atom. The third-order valence-corrected chi connectivity index (χ3v) is 5.71. The number of fused-ring (bicyclic) bond motifs is 1. The quantitative estimate of drug-likeness (QED) is 0.581. The standard InChI is InChI=1S/C24H24N4O5/c1-24(23(31)25-13-16-7-5-4-6-8-16)14-27-15-26-19(22(30)33-3)20(27)21(29)28(24)17-9-11-18(32-2)12-10-17/h4-12,15H,13-14H2,1-3H3,(H,25,31)/t24-/m0/s1. The van der Waals surface area contributed by atoms with Gasteiger partial charge in [0.1, 0.15) is 17.0 Å². The van der Waals surface area contributed by atoms with Crippen LogP contribution < -0.4 is 15.0 Å². The van der Waals surface area contributed by atoms with Crippen LogP contribution in [0.3, 0.4) is 0 Å². The molecule has 0 saturated heterocycles. The Balaban J connectivity index is 1.75. The van der Waals surface area contributed by atoms with Gasteiger partial charge in [0.05, 0.1) is 27.1 Å². The van der Waals surface area contributed by atoms with Crippen LogP contribution in [0.2, 0.25) is 0 Å². The second kappa shape index (κ2) is 8.78. The van der Waals surface area contributed by atoms with Crippen molar-refractivity contribution in [3.63, 3.8) is 0 Å². The molecule has 1 aliphatic heterocycles. The maximum Gasteiger partial charge on any atom is 0.359 e. The predicted molar refractivity (Wildman–Crippen MR) is 120 cm³/mol. The Morgan fingerprint density at radius 1 is 1.09 bits per heavy atom. The van der Waals surface area contributed by atoms with Crippen LogP contribution in [0.1, 0.15) is 33.5 Å². The van der Waals surface area contributed by atoms with Gasteiger partial charge in [-0.2, -0.15) is 0 Å². The fourth-order valence-electron chi connectivity index (χ4n) is 3.98. The molecule has 170 valence electrons. The van der Waals surface area contributed by atoms with E-state index in [0.29, 0.717) is 18.0 Å². The summed E-state index contributed by atoms with van der Waals surface area (Å²) in [6.07, 6.45) is 1.38. The number of carbonyl (C=O) groups is 3. The van der Waals surface area contributed by atoms with E-state index in [9.17, 15) is 14.4 Å². The summed E-state index contributed by atoms with van der Waals surface area (Å²) in [6.45, 7) is 2.10. The number of carbonyl (C=O) groups excluding carboxylic acids is 3. The molecule has 1 atom stereocenters. The molecule has 9 nitrogen and oxygen atoms in total. The smallest absolute Gasteiger partial charge is 0.359 e. The van der Waals surface area contributed by atoms with E-state index in [-0.39, 0.29) is 23.8 Å². The lowest BCUT2D eigenvalue weighted by Crippen LogP contribution is -2.64. The van der Waals surface area contributed by atoms with E-state index in [0.717, 1.165) is 5.56 Å². The predicted octanol–water partition coefficient (Wildman–Crippen LogP) is 2.41. The highest BCUT2D eigenvalue weighted by Gasteiger charge is 2.49. The summed E-state index contributed by atoms with van der Waals surface area (Å²) in [7, 11) is 2.77. The van der Waals surface area contributed by atoms with E-state index < -0.39 is 17.4 Å². The van der Waals surface area contributed by atoms with Crippen LogP contribution in [0.5, 0.6) is 5.75 Å². The minimum absolute atomic E-state index is 0.0750. The van der Waals surface area contributed by atoms with Gasteiger partial charge < -0.3 is 19.4 Å². The van der Waals surface area contributed by atoms with Crippen molar-refractivity contribution >= 4 is 23.5 Å². The second-order valence-electron chi connectivity index (χ2n) is 7.84. The second-order valence-corrected chi connectivity index (χ2v) is 7.84. The Kier molecular flexibility index (Phi) is 5.87. The van der Waals surface area contributed by atoms with Crippen molar-refractivity contribution in [3.8, 4) is 5.75 Å². The molecule has 0 saturated carbocycles. The summed E-state index contributed by atoms with van der Waals surface area (Å²) in [4.78, 5) is 44.9. The average Bonchev–Trinajstić information content (AvgIpc) is 3.26. The number of anilines is 1. The molecule has 1 aliphatic rings. The molecule has 2 heterocycles. The Morgan fingerprint density at radius 2 is 1.79 bits per heavy atom. The first kappa shape index (κ1) is 22.1.